The van der Waals surface area contributed by atoms with Gasteiger partial charge in [0.2, 0.25) is 0 Å². The molecule has 0 unspecified atom stereocenters. The fourth-order valence-corrected chi connectivity index (χ4v) is 2.39. The summed E-state index contributed by atoms with van der Waals surface area (Å²) in [6, 6.07) is 2.95. The van der Waals surface area contributed by atoms with Crippen molar-refractivity contribution >= 4 is 0 Å². The second-order valence-electron chi connectivity index (χ2n) is 6.34. The molecule has 4 heteroatoms. The Morgan fingerprint density at radius 2 is 2.00 bits per heavy atom. The molecule has 0 aliphatic heterocycles. The van der Waals surface area contributed by atoms with Crippen LogP contribution in [0.2, 0.25) is 0 Å². The molecule has 0 radical (unpaired) electrons. The van der Waals surface area contributed by atoms with Crippen molar-refractivity contribution in [1.82, 2.24) is 15.1 Å². The summed E-state index contributed by atoms with van der Waals surface area (Å²) in [4.78, 5) is 4.61. The van der Waals surface area contributed by atoms with Crippen LogP contribution in [0.15, 0.2) is 10.5 Å². The predicted molar refractivity (Wildman–Crippen MR) is 82.8 cm³/mol. The molecule has 1 aliphatic carbocycles. The predicted octanol–water partition coefficient (Wildman–Crippen LogP) is 2.22. The molecule has 1 N–H and O–H groups in total. The highest BCUT2D eigenvalue weighted by Crippen LogP contribution is 2.21. The average Bonchev–Trinajstić information content (AvgIpc) is 3.13. The van der Waals surface area contributed by atoms with Crippen LogP contribution in [-0.2, 0) is 13.1 Å². The van der Waals surface area contributed by atoms with E-state index in [1.54, 1.807) is 0 Å². The monoisotopic (exact) mass is 279 g/mol. The topological polar surface area (TPSA) is 31.7 Å². The Hall–Kier alpha value is -0.840. The van der Waals surface area contributed by atoms with Crippen LogP contribution in [0.4, 0.5) is 0 Å². The smallest absolute Gasteiger partial charge is 0.118 e. The van der Waals surface area contributed by atoms with Crippen LogP contribution in [0.5, 0.6) is 0 Å². The molecule has 0 spiro atoms. The van der Waals surface area contributed by atoms with Gasteiger partial charge in [-0.05, 0) is 66.5 Å². The molecule has 0 aromatic carbocycles. The van der Waals surface area contributed by atoms with Gasteiger partial charge in [-0.2, -0.15) is 0 Å². The summed E-state index contributed by atoms with van der Waals surface area (Å²) < 4.78 is 5.84. The maximum absolute atomic E-state index is 5.84. The first kappa shape index (κ1) is 15.5. The number of nitrogens with one attached hydrogen (secondary N) is 1. The Kier molecular flexibility index (Phi) is 5.64. The minimum atomic E-state index is 0.734. The first-order valence-corrected chi connectivity index (χ1v) is 7.69. The van der Waals surface area contributed by atoms with E-state index in [1.807, 2.05) is 0 Å². The Balaban J connectivity index is 1.75. The molecule has 20 heavy (non-hydrogen) atoms. The Labute approximate surface area is 123 Å². The van der Waals surface area contributed by atoms with Gasteiger partial charge in [0, 0.05) is 18.2 Å². The van der Waals surface area contributed by atoms with Gasteiger partial charge < -0.3 is 19.5 Å². The van der Waals surface area contributed by atoms with Gasteiger partial charge in [-0.3, -0.25) is 0 Å². The summed E-state index contributed by atoms with van der Waals surface area (Å²) >= 11 is 0. The average molecular weight is 279 g/mol. The summed E-state index contributed by atoms with van der Waals surface area (Å²) in [6.07, 6.45) is 3.85. The highest BCUT2D eigenvalue weighted by Gasteiger charge is 2.21. The van der Waals surface area contributed by atoms with Crippen molar-refractivity contribution in [2.45, 2.75) is 45.3 Å². The molecule has 0 atom stereocenters. The van der Waals surface area contributed by atoms with E-state index in [0.29, 0.717) is 0 Å². The summed E-state index contributed by atoms with van der Waals surface area (Å²) in [5, 5.41) is 3.50. The molecule has 114 valence electrons. The molecule has 1 heterocycles. The highest BCUT2D eigenvalue weighted by atomic mass is 16.3. The van der Waals surface area contributed by atoms with Crippen LogP contribution >= 0.6 is 0 Å². The van der Waals surface area contributed by atoms with E-state index in [9.17, 15) is 0 Å². The lowest BCUT2D eigenvalue weighted by molar-refractivity contribution is 0.293. The summed E-state index contributed by atoms with van der Waals surface area (Å²) in [6.45, 7) is 6.19. The maximum atomic E-state index is 5.84. The summed E-state index contributed by atoms with van der Waals surface area (Å²) in [7, 11) is 6.43. The van der Waals surface area contributed by atoms with Gasteiger partial charge in [0.15, 0.2) is 0 Å². The van der Waals surface area contributed by atoms with Crippen molar-refractivity contribution in [3.05, 3.63) is 23.2 Å². The second kappa shape index (κ2) is 7.25. The van der Waals surface area contributed by atoms with Gasteiger partial charge in [0.25, 0.3) is 0 Å². The van der Waals surface area contributed by atoms with E-state index in [0.717, 1.165) is 43.7 Å². The lowest BCUT2D eigenvalue weighted by Crippen LogP contribution is -2.23. The van der Waals surface area contributed by atoms with E-state index in [4.69, 9.17) is 4.42 Å². The van der Waals surface area contributed by atoms with Crippen molar-refractivity contribution in [1.29, 1.82) is 0 Å². The zero-order valence-electron chi connectivity index (χ0n) is 13.4. The zero-order chi connectivity index (χ0) is 14.5. The minimum Gasteiger partial charge on any atom is -0.465 e. The molecule has 0 amide bonds. The molecular weight excluding hydrogens is 250 g/mol. The van der Waals surface area contributed by atoms with E-state index < -0.39 is 0 Å². The fourth-order valence-electron chi connectivity index (χ4n) is 2.39. The lowest BCUT2D eigenvalue weighted by atomic mass is 10.2. The SMILES string of the molecule is Cc1oc(CNC2CC2)cc1CN(C)CCCN(C)C. The Morgan fingerprint density at radius 1 is 1.25 bits per heavy atom. The van der Waals surface area contributed by atoms with Gasteiger partial charge >= 0.3 is 0 Å². The van der Waals surface area contributed by atoms with Gasteiger partial charge in [0.05, 0.1) is 6.54 Å². The second-order valence-corrected chi connectivity index (χ2v) is 6.34. The van der Waals surface area contributed by atoms with E-state index in [1.165, 1.54) is 24.8 Å². The van der Waals surface area contributed by atoms with Crippen LogP contribution in [0.1, 0.15) is 36.3 Å². The van der Waals surface area contributed by atoms with Gasteiger partial charge in [-0.1, -0.05) is 0 Å². The first-order chi connectivity index (χ1) is 9.54. The molecule has 0 bridgehead atoms. The van der Waals surface area contributed by atoms with Crippen molar-refractivity contribution in [3.63, 3.8) is 0 Å². The third kappa shape index (κ3) is 5.27. The molecule has 2 rings (SSSR count). The van der Waals surface area contributed by atoms with Gasteiger partial charge in [-0.15, -0.1) is 0 Å². The number of nitrogens with zero attached hydrogens (tertiary/aromatic N) is 2. The number of furan rings is 1. The van der Waals surface area contributed by atoms with Crippen LogP contribution in [0.25, 0.3) is 0 Å². The van der Waals surface area contributed by atoms with E-state index >= 15 is 0 Å². The molecule has 1 saturated carbocycles. The standard InChI is InChI=1S/C16H29N3O/c1-13-14(12-19(4)9-5-8-18(2)3)10-16(20-13)11-17-15-6-7-15/h10,15,17H,5-9,11-12H2,1-4H3. The first-order valence-electron chi connectivity index (χ1n) is 7.69. The van der Waals surface area contributed by atoms with Crippen LogP contribution in [0, 0.1) is 6.92 Å². The van der Waals surface area contributed by atoms with Crippen molar-refractivity contribution < 1.29 is 4.42 Å². The van der Waals surface area contributed by atoms with Gasteiger partial charge in [-0.25, -0.2) is 0 Å². The van der Waals surface area contributed by atoms with Crippen LogP contribution in [0.3, 0.4) is 0 Å². The van der Waals surface area contributed by atoms with Crippen molar-refractivity contribution in [3.8, 4) is 0 Å². The highest BCUT2D eigenvalue weighted by molar-refractivity contribution is 5.20. The molecule has 1 aromatic heterocycles. The van der Waals surface area contributed by atoms with Crippen molar-refractivity contribution in [2.75, 3.05) is 34.2 Å². The van der Waals surface area contributed by atoms with Crippen molar-refractivity contribution in [2.24, 2.45) is 0 Å². The summed E-state index contributed by atoms with van der Waals surface area (Å²) in [5.74, 6) is 2.14. The normalized spacial score (nSPS) is 15.5. The van der Waals surface area contributed by atoms with E-state index in [-0.39, 0.29) is 0 Å². The third-order valence-corrected chi connectivity index (χ3v) is 3.80. The molecule has 1 fully saturated rings. The number of rotatable bonds is 9. The molecule has 1 aliphatic rings. The largest absolute Gasteiger partial charge is 0.465 e. The molecule has 0 saturated heterocycles. The lowest BCUT2D eigenvalue weighted by Gasteiger charge is -2.17. The third-order valence-electron chi connectivity index (χ3n) is 3.80. The quantitative estimate of drug-likeness (QED) is 0.751. The summed E-state index contributed by atoms with van der Waals surface area (Å²) in [5.41, 5.74) is 1.32. The molecule has 1 aromatic rings. The number of hydrogen-bond acceptors (Lipinski definition) is 4. The maximum Gasteiger partial charge on any atom is 0.118 e. The Morgan fingerprint density at radius 3 is 2.65 bits per heavy atom. The van der Waals surface area contributed by atoms with Gasteiger partial charge in [0.1, 0.15) is 11.5 Å². The molecule has 4 nitrogen and oxygen atoms in total. The molecular formula is C16H29N3O. The number of aryl methyl sites for hydroxylation is 1. The van der Waals surface area contributed by atoms with Crippen LogP contribution in [-0.4, -0.2) is 50.1 Å². The zero-order valence-corrected chi connectivity index (χ0v) is 13.4. The fraction of sp³-hybridized carbons (Fsp3) is 0.750. The van der Waals surface area contributed by atoms with E-state index in [2.05, 4.69) is 49.2 Å². The van der Waals surface area contributed by atoms with Crippen LogP contribution < -0.4 is 5.32 Å². The Bertz CT molecular complexity index is 410. The minimum absolute atomic E-state index is 0.734. The number of hydrogen-bond donors (Lipinski definition) is 1.